The van der Waals surface area contributed by atoms with Gasteiger partial charge in [0.15, 0.2) is 10.8 Å². The van der Waals surface area contributed by atoms with E-state index in [4.69, 9.17) is 21.6 Å². The lowest BCUT2D eigenvalue weighted by molar-refractivity contribution is -0.137. The van der Waals surface area contributed by atoms with Crippen LogP contribution in [0.2, 0.25) is 5.02 Å². The van der Waals surface area contributed by atoms with Gasteiger partial charge in [0.25, 0.3) is 5.91 Å². The number of imidazole rings is 1. The molecule has 0 fully saturated rings. The summed E-state index contributed by atoms with van der Waals surface area (Å²) in [5.74, 6) is 0.315. The normalized spacial score (nSPS) is 12.6. The van der Waals surface area contributed by atoms with Crippen LogP contribution in [-0.2, 0) is 6.18 Å². The predicted octanol–water partition coefficient (Wildman–Crippen LogP) is 7.47. The summed E-state index contributed by atoms with van der Waals surface area (Å²) in [5, 5.41) is 5.79. The second-order valence-corrected chi connectivity index (χ2v) is 9.72. The molecule has 0 radical (unpaired) electrons. The van der Waals surface area contributed by atoms with Crippen molar-refractivity contribution in [2.75, 3.05) is 7.05 Å². The van der Waals surface area contributed by atoms with Gasteiger partial charge < -0.3 is 9.88 Å². The molecule has 1 atom stereocenters. The van der Waals surface area contributed by atoms with E-state index in [0.717, 1.165) is 28.9 Å². The van der Waals surface area contributed by atoms with Crippen LogP contribution in [0.1, 0.15) is 34.5 Å². The Bertz CT molecular complexity index is 1590. The molecule has 5 rings (SSSR count). The lowest BCUT2D eigenvalue weighted by Crippen LogP contribution is -2.17. The molecule has 0 spiro atoms. The molecule has 0 saturated carbocycles. The number of benzene rings is 3. The van der Waals surface area contributed by atoms with Gasteiger partial charge in [-0.15, -0.1) is 11.3 Å². The molecule has 0 aliphatic rings. The first-order valence-electron chi connectivity index (χ1n) is 11.3. The Kier molecular flexibility index (Phi) is 6.51. The molecular weight excluding hydrogens is 521 g/mol. The van der Waals surface area contributed by atoms with Crippen molar-refractivity contribution in [2.45, 2.75) is 19.1 Å². The predicted molar refractivity (Wildman–Crippen MR) is 140 cm³/mol. The van der Waals surface area contributed by atoms with Crippen LogP contribution in [0.15, 0.2) is 72.1 Å². The summed E-state index contributed by atoms with van der Waals surface area (Å²) in [5.41, 5.74) is 3.39. The number of thiazole rings is 1. The molecule has 1 unspecified atom stereocenters. The SMILES string of the molecule is CNC(=O)c1ccc2c(c1)nc(-c1nc(-c3ccc(Cl)cc3)cs1)n2C(C)c1ccc(C(F)(F)F)cc1. The van der Waals surface area contributed by atoms with E-state index in [1.165, 1.54) is 23.5 Å². The van der Waals surface area contributed by atoms with Gasteiger partial charge in [0.05, 0.1) is 28.3 Å². The molecule has 5 aromatic rings. The van der Waals surface area contributed by atoms with Gasteiger partial charge in [0.2, 0.25) is 0 Å². The topological polar surface area (TPSA) is 59.8 Å². The summed E-state index contributed by atoms with van der Waals surface area (Å²) < 4.78 is 41.3. The molecule has 3 aromatic carbocycles. The molecule has 5 nitrogen and oxygen atoms in total. The number of hydrogen-bond donors (Lipinski definition) is 1. The van der Waals surface area contributed by atoms with Gasteiger partial charge in [-0.2, -0.15) is 13.2 Å². The maximum Gasteiger partial charge on any atom is 0.416 e. The number of carbonyl (C=O) groups is 1. The van der Waals surface area contributed by atoms with E-state index in [1.54, 1.807) is 37.4 Å². The average molecular weight is 541 g/mol. The Balaban J connectivity index is 1.64. The Morgan fingerprint density at radius 1 is 1.03 bits per heavy atom. The van der Waals surface area contributed by atoms with Crippen LogP contribution in [0.4, 0.5) is 13.2 Å². The van der Waals surface area contributed by atoms with Crippen molar-refractivity contribution in [1.29, 1.82) is 0 Å². The summed E-state index contributed by atoms with van der Waals surface area (Å²) in [7, 11) is 1.55. The second kappa shape index (κ2) is 9.64. The Hall–Kier alpha value is -3.69. The van der Waals surface area contributed by atoms with Crippen molar-refractivity contribution in [3.63, 3.8) is 0 Å². The fraction of sp³-hybridized carbons (Fsp3) is 0.148. The lowest BCUT2D eigenvalue weighted by Gasteiger charge is -2.18. The van der Waals surface area contributed by atoms with E-state index in [2.05, 4.69) is 5.32 Å². The first-order valence-corrected chi connectivity index (χ1v) is 12.5. The highest BCUT2D eigenvalue weighted by atomic mass is 35.5. The van der Waals surface area contributed by atoms with Crippen molar-refractivity contribution < 1.29 is 18.0 Å². The van der Waals surface area contributed by atoms with Crippen molar-refractivity contribution in [2.24, 2.45) is 0 Å². The number of amides is 1. The average Bonchev–Trinajstić information content (AvgIpc) is 3.52. The molecular formula is C27H20ClF3N4OS. The zero-order valence-corrected chi connectivity index (χ0v) is 21.2. The Morgan fingerprint density at radius 3 is 2.38 bits per heavy atom. The van der Waals surface area contributed by atoms with E-state index in [0.29, 0.717) is 32.5 Å². The monoisotopic (exact) mass is 540 g/mol. The van der Waals surface area contributed by atoms with Crippen LogP contribution < -0.4 is 5.32 Å². The van der Waals surface area contributed by atoms with E-state index in [9.17, 15) is 18.0 Å². The first kappa shape index (κ1) is 25.0. The quantitative estimate of drug-likeness (QED) is 0.251. The molecule has 10 heteroatoms. The highest BCUT2D eigenvalue weighted by molar-refractivity contribution is 7.13. The van der Waals surface area contributed by atoms with Crippen LogP contribution in [0.25, 0.3) is 33.1 Å². The van der Waals surface area contributed by atoms with Crippen molar-refractivity contribution in [3.8, 4) is 22.1 Å². The number of alkyl halides is 3. The van der Waals surface area contributed by atoms with Crippen molar-refractivity contribution in [3.05, 3.63) is 93.8 Å². The van der Waals surface area contributed by atoms with E-state index in [1.807, 2.05) is 29.0 Å². The molecule has 2 aromatic heterocycles. The number of aromatic nitrogens is 3. The molecule has 0 aliphatic heterocycles. The summed E-state index contributed by atoms with van der Waals surface area (Å²) >= 11 is 7.43. The van der Waals surface area contributed by atoms with Crippen LogP contribution in [0.3, 0.4) is 0 Å². The highest BCUT2D eigenvalue weighted by Gasteiger charge is 2.30. The van der Waals surface area contributed by atoms with Gasteiger partial charge in [0, 0.05) is 28.6 Å². The zero-order chi connectivity index (χ0) is 26.3. The third-order valence-corrected chi connectivity index (χ3v) is 7.21. The van der Waals surface area contributed by atoms with Gasteiger partial charge in [-0.1, -0.05) is 35.9 Å². The van der Waals surface area contributed by atoms with Gasteiger partial charge in [-0.3, -0.25) is 4.79 Å². The number of hydrogen-bond acceptors (Lipinski definition) is 4. The number of carbonyl (C=O) groups excluding carboxylic acids is 1. The van der Waals surface area contributed by atoms with Gasteiger partial charge in [-0.05, 0) is 55.0 Å². The third kappa shape index (κ3) is 4.84. The number of fused-ring (bicyclic) bond motifs is 1. The summed E-state index contributed by atoms with van der Waals surface area (Å²) in [6, 6.07) is 17.3. The summed E-state index contributed by atoms with van der Waals surface area (Å²) in [6.07, 6.45) is -4.41. The van der Waals surface area contributed by atoms with Gasteiger partial charge >= 0.3 is 6.18 Å². The second-order valence-electron chi connectivity index (χ2n) is 8.43. The minimum Gasteiger partial charge on any atom is -0.355 e. The van der Waals surface area contributed by atoms with E-state index < -0.39 is 11.7 Å². The molecule has 37 heavy (non-hydrogen) atoms. The fourth-order valence-electron chi connectivity index (χ4n) is 4.16. The van der Waals surface area contributed by atoms with Crippen LogP contribution in [-0.4, -0.2) is 27.5 Å². The van der Waals surface area contributed by atoms with Crippen molar-refractivity contribution >= 4 is 39.9 Å². The third-order valence-electron chi connectivity index (χ3n) is 6.12. The van der Waals surface area contributed by atoms with Crippen LogP contribution in [0.5, 0.6) is 0 Å². The number of nitrogens with zero attached hydrogens (tertiary/aromatic N) is 3. The molecule has 0 aliphatic carbocycles. The van der Waals surface area contributed by atoms with Crippen LogP contribution in [0, 0.1) is 0 Å². The summed E-state index contributed by atoms with van der Waals surface area (Å²) in [4.78, 5) is 21.8. The van der Waals surface area contributed by atoms with Gasteiger partial charge in [-0.25, -0.2) is 9.97 Å². The number of halogens is 4. The van der Waals surface area contributed by atoms with Gasteiger partial charge in [0.1, 0.15) is 0 Å². The van der Waals surface area contributed by atoms with E-state index in [-0.39, 0.29) is 11.9 Å². The smallest absolute Gasteiger partial charge is 0.355 e. The highest BCUT2D eigenvalue weighted by Crippen LogP contribution is 2.36. The molecule has 1 amide bonds. The lowest BCUT2D eigenvalue weighted by atomic mass is 10.0. The Morgan fingerprint density at radius 2 is 1.73 bits per heavy atom. The molecule has 188 valence electrons. The molecule has 0 saturated heterocycles. The molecule has 1 N–H and O–H groups in total. The minimum absolute atomic E-state index is 0.243. The number of nitrogens with one attached hydrogen (secondary N) is 1. The standard InChI is InChI=1S/C27H20ClF3N4OS/c1-15(16-3-8-19(9-4-16)27(29,30)31)35-23-12-7-18(25(36)32-2)13-21(23)33-24(35)26-34-22(14-37-26)17-5-10-20(28)11-6-17/h3-15H,1-2H3,(H,32,36). The Labute approximate surface area is 219 Å². The first-order chi connectivity index (χ1) is 17.7. The number of rotatable bonds is 5. The van der Waals surface area contributed by atoms with Crippen molar-refractivity contribution in [1.82, 2.24) is 19.9 Å². The zero-order valence-electron chi connectivity index (χ0n) is 19.7. The summed E-state index contributed by atoms with van der Waals surface area (Å²) in [6.45, 7) is 1.90. The largest absolute Gasteiger partial charge is 0.416 e. The fourth-order valence-corrected chi connectivity index (χ4v) is 5.10. The molecule has 0 bridgehead atoms. The maximum atomic E-state index is 13.1. The maximum absolute atomic E-state index is 13.1. The minimum atomic E-state index is -4.41. The molecule has 2 heterocycles. The van der Waals surface area contributed by atoms with E-state index >= 15 is 0 Å². The van der Waals surface area contributed by atoms with Crippen LogP contribution >= 0.6 is 22.9 Å².